The number of esters is 1. The lowest BCUT2D eigenvalue weighted by molar-refractivity contribution is 0.0595. The highest BCUT2D eigenvalue weighted by molar-refractivity contribution is 6.32. The van der Waals surface area contributed by atoms with Gasteiger partial charge >= 0.3 is 5.97 Å². The summed E-state index contributed by atoms with van der Waals surface area (Å²) in [6, 6.07) is 0. The lowest BCUT2D eigenvalue weighted by Gasteiger charge is -1.91. The van der Waals surface area contributed by atoms with Gasteiger partial charge in [-0.15, -0.1) is 0 Å². The third-order valence-electron chi connectivity index (χ3n) is 1.16. The summed E-state index contributed by atoms with van der Waals surface area (Å²) in [5, 5.41) is 0.217. The van der Waals surface area contributed by atoms with Crippen LogP contribution in [0, 0.1) is 6.92 Å². The van der Waals surface area contributed by atoms with Crippen molar-refractivity contribution < 1.29 is 9.53 Å². The van der Waals surface area contributed by atoms with Crippen molar-refractivity contribution in [3.63, 3.8) is 0 Å². The van der Waals surface area contributed by atoms with Crippen molar-refractivity contribution in [1.29, 1.82) is 0 Å². The van der Waals surface area contributed by atoms with Gasteiger partial charge in [0.1, 0.15) is 11.0 Å². The molecule has 1 aromatic heterocycles. The third-order valence-corrected chi connectivity index (χ3v) is 1.43. The van der Waals surface area contributed by atoms with Crippen molar-refractivity contribution in [3.8, 4) is 0 Å². The number of H-pyrrole nitrogens is 1. The lowest BCUT2D eigenvalue weighted by atomic mass is 10.5. The Morgan fingerprint density at radius 2 is 2.36 bits per heavy atom. The number of rotatable bonds is 1. The summed E-state index contributed by atoms with van der Waals surface area (Å²) in [5.74, 6) is 0.0646. The Hall–Kier alpha value is -1.03. The molecule has 0 aliphatic heterocycles. The first-order valence-electron chi connectivity index (χ1n) is 2.95. The number of aromatic amines is 1. The van der Waals surface area contributed by atoms with Crippen molar-refractivity contribution in [2.45, 2.75) is 6.92 Å². The summed E-state index contributed by atoms with van der Waals surface area (Å²) < 4.78 is 4.42. The first-order valence-corrected chi connectivity index (χ1v) is 3.33. The fourth-order valence-electron chi connectivity index (χ4n) is 0.695. The fourth-order valence-corrected chi connectivity index (χ4v) is 0.951. The van der Waals surface area contributed by atoms with Crippen LogP contribution in [0.25, 0.3) is 0 Å². The van der Waals surface area contributed by atoms with Crippen LogP contribution >= 0.6 is 11.6 Å². The van der Waals surface area contributed by atoms with E-state index in [1.54, 1.807) is 6.92 Å². The van der Waals surface area contributed by atoms with E-state index < -0.39 is 5.97 Å². The number of nitrogens with one attached hydrogen (secondary N) is 1. The van der Waals surface area contributed by atoms with E-state index in [0.717, 1.165) is 0 Å². The molecule has 11 heavy (non-hydrogen) atoms. The number of nitrogens with zero attached hydrogens (tertiary/aromatic N) is 1. The van der Waals surface area contributed by atoms with Crippen LogP contribution in [0.2, 0.25) is 5.15 Å². The largest absolute Gasteiger partial charge is 0.464 e. The number of hydrogen-bond donors (Lipinski definition) is 1. The lowest BCUT2D eigenvalue weighted by Crippen LogP contribution is -2.01. The Bertz CT molecular complexity index is 282. The second-order valence-electron chi connectivity index (χ2n) is 1.98. The zero-order chi connectivity index (χ0) is 8.43. The van der Waals surface area contributed by atoms with Gasteiger partial charge in [-0.05, 0) is 6.92 Å². The molecule has 0 saturated heterocycles. The number of methoxy groups -OCH3 is 1. The third kappa shape index (κ3) is 1.51. The molecule has 0 saturated carbocycles. The molecule has 1 aromatic rings. The number of aromatic nitrogens is 2. The predicted octanol–water partition coefficient (Wildman–Crippen LogP) is 1.16. The number of hydrogen-bond acceptors (Lipinski definition) is 3. The Balaban J connectivity index is 3.03. The van der Waals surface area contributed by atoms with Crippen molar-refractivity contribution in [2.75, 3.05) is 7.11 Å². The molecule has 1 heterocycles. The van der Waals surface area contributed by atoms with Crippen LogP contribution in [0.1, 0.15) is 16.3 Å². The molecule has 0 fully saturated rings. The molecule has 0 aliphatic rings. The minimum Gasteiger partial charge on any atom is -0.464 e. The van der Waals surface area contributed by atoms with E-state index in [9.17, 15) is 4.79 Å². The summed E-state index contributed by atoms with van der Waals surface area (Å²) in [6.45, 7) is 1.71. The summed E-state index contributed by atoms with van der Waals surface area (Å²) in [6.07, 6.45) is 0. The maximum absolute atomic E-state index is 10.9. The Morgan fingerprint density at radius 3 is 2.73 bits per heavy atom. The first kappa shape index (κ1) is 8.07. The summed E-state index contributed by atoms with van der Waals surface area (Å²) in [7, 11) is 1.28. The molecular formula is C6H7ClN2O2. The molecule has 0 amide bonds. The molecule has 1 N–H and O–H groups in total. The normalized spacial score (nSPS) is 9.73. The number of imidazole rings is 1. The molecule has 0 atom stereocenters. The van der Waals surface area contributed by atoms with Gasteiger partial charge in [-0.2, -0.15) is 0 Å². The molecule has 0 spiro atoms. The van der Waals surface area contributed by atoms with E-state index >= 15 is 0 Å². The minimum atomic E-state index is -0.528. The molecule has 4 nitrogen and oxygen atoms in total. The fraction of sp³-hybridized carbons (Fsp3) is 0.333. The van der Waals surface area contributed by atoms with E-state index in [1.165, 1.54) is 7.11 Å². The van der Waals surface area contributed by atoms with Gasteiger partial charge in [-0.3, -0.25) is 0 Å². The van der Waals surface area contributed by atoms with Crippen LogP contribution in [-0.4, -0.2) is 23.0 Å². The molecular weight excluding hydrogens is 168 g/mol. The van der Waals surface area contributed by atoms with Crippen molar-refractivity contribution in [2.24, 2.45) is 0 Å². The predicted molar refractivity (Wildman–Crippen MR) is 39.7 cm³/mol. The molecule has 1 rings (SSSR count). The Kier molecular flexibility index (Phi) is 2.14. The standard InChI is InChI=1S/C6H7ClN2O2/c1-3-8-4(5(7)9-3)6(10)11-2/h1-2H3,(H,8,9). The molecule has 0 unspecified atom stereocenters. The maximum atomic E-state index is 10.9. The van der Waals surface area contributed by atoms with Gasteiger partial charge < -0.3 is 9.72 Å². The smallest absolute Gasteiger partial charge is 0.359 e. The molecule has 0 aliphatic carbocycles. The first-order chi connectivity index (χ1) is 5.15. The van der Waals surface area contributed by atoms with Crippen LogP contribution in [0.4, 0.5) is 0 Å². The van der Waals surface area contributed by atoms with Crippen LogP contribution in [0.5, 0.6) is 0 Å². The summed E-state index contributed by atoms with van der Waals surface area (Å²) in [4.78, 5) is 17.4. The highest BCUT2D eigenvalue weighted by Gasteiger charge is 2.14. The molecule has 5 heteroatoms. The van der Waals surface area contributed by atoms with Crippen molar-refractivity contribution >= 4 is 17.6 Å². The number of carbonyl (C=O) groups excluding carboxylic acids is 1. The van der Waals surface area contributed by atoms with Gasteiger partial charge in [0.25, 0.3) is 0 Å². The molecule has 0 aromatic carbocycles. The van der Waals surface area contributed by atoms with E-state index in [-0.39, 0.29) is 10.8 Å². The van der Waals surface area contributed by atoms with Crippen LogP contribution in [0.15, 0.2) is 0 Å². The van der Waals surface area contributed by atoms with Gasteiger partial charge in [0.2, 0.25) is 0 Å². The maximum Gasteiger partial charge on any atom is 0.359 e. The number of carbonyl (C=O) groups is 1. The zero-order valence-corrected chi connectivity index (χ0v) is 6.90. The van der Waals surface area contributed by atoms with Gasteiger partial charge in [0.15, 0.2) is 5.69 Å². The molecule has 0 bridgehead atoms. The average molecular weight is 175 g/mol. The SMILES string of the molecule is COC(=O)c1nc(C)[nH]c1Cl. The second-order valence-corrected chi connectivity index (χ2v) is 2.35. The van der Waals surface area contributed by atoms with Gasteiger partial charge in [-0.1, -0.05) is 11.6 Å². The van der Waals surface area contributed by atoms with E-state index in [1.807, 2.05) is 0 Å². The monoisotopic (exact) mass is 174 g/mol. The number of aryl methyl sites for hydroxylation is 1. The Morgan fingerprint density at radius 1 is 1.73 bits per heavy atom. The zero-order valence-electron chi connectivity index (χ0n) is 6.14. The minimum absolute atomic E-state index is 0.131. The topological polar surface area (TPSA) is 55.0 Å². The Labute approximate surface area is 68.5 Å². The summed E-state index contributed by atoms with van der Waals surface area (Å²) >= 11 is 5.60. The average Bonchev–Trinajstić information content (AvgIpc) is 2.28. The van der Waals surface area contributed by atoms with Crippen LogP contribution < -0.4 is 0 Å². The molecule has 60 valence electrons. The van der Waals surface area contributed by atoms with Crippen LogP contribution in [0.3, 0.4) is 0 Å². The van der Waals surface area contributed by atoms with Gasteiger partial charge in [-0.25, -0.2) is 9.78 Å². The van der Waals surface area contributed by atoms with E-state index in [4.69, 9.17) is 11.6 Å². The van der Waals surface area contributed by atoms with E-state index in [0.29, 0.717) is 5.82 Å². The highest BCUT2D eigenvalue weighted by Crippen LogP contribution is 2.12. The molecule has 0 radical (unpaired) electrons. The van der Waals surface area contributed by atoms with E-state index in [2.05, 4.69) is 14.7 Å². The van der Waals surface area contributed by atoms with Crippen molar-refractivity contribution in [1.82, 2.24) is 9.97 Å². The number of ether oxygens (including phenoxy) is 1. The van der Waals surface area contributed by atoms with Crippen LogP contribution in [-0.2, 0) is 4.74 Å². The second kappa shape index (κ2) is 2.92. The summed E-state index contributed by atoms with van der Waals surface area (Å²) in [5.41, 5.74) is 0.131. The highest BCUT2D eigenvalue weighted by atomic mass is 35.5. The van der Waals surface area contributed by atoms with Crippen molar-refractivity contribution in [3.05, 3.63) is 16.7 Å². The number of halogens is 1. The quantitative estimate of drug-likeness (QED) is 0.650. The van der Waals surface area contributed by atoms with Gasteiger partial charge in [0, 0.05) is 0 Å². The van der Waals surface area contributed by atoms with Gasteiger partial charge in [0.05, 0.1) is 7.11 Å².